The van der Waals surface area contributed by atoms with Crippen molar-refractivity contribution >= 4 is 5.78 Å². The lowest BCUT2D eigenvalue weighted by atomic mass is 9.75. The third-order valence-corrected chi connectivity index (χ3v) is 7.10. The Morgan fingerprint density at radius 3 is 2.24 bits per heavy atom. The molecule has 0 spiro atoms. The highest BCUT2D eigenvalue weighted by Crippen LogP contribution is 2.43. The molecule has 8 N–H and O–H groups in total. The molecule has 0 amide bonds. The summed E-state index contributed by atoms with van der Waals surface area (Å²) in [6.07, 6.45) is -12.2. The summed E-state index contributed by atoms with van der Waals surface area (Å²) in [5.74, 6) is -2.53. The topological polar surface area (TPSA) is 207 Å². The Morgan fingerprint density at radius 2 is 1.58 bits per heavy atom. The van der Waals surface area contributed by atoms with E-state index in [2.05, 4.69) is 0 Å². The fourth-order valence-electron chi connectivity index (χ4n) is 5.19. The van der Waals surface area contributed by atoms with Crippen molar-refractivity contribution in [3.8, 4) is 0 Å². The van der Waals surface area contributed by atoms with Gasteiger partial charge in [-0.15, -0.1) is 0 Å². The molecule has 0 aromatic carbocycles. The summed E-state index contributed by atoms with van der Waals surface area (Å²) in [7, 11) is 0. The van der Waals surface area contributed by atoms with Gasteiger partial charge in [0, 0.05) is 18.8 Å². The highest BCUT2D eigenvalue weighted by molar-refractivity contribution is 5.97. The van der Waals surface area contributed by atoms with Crippen molar-refractivity contribution in [3.63, 3.8) is 0 Å². The summed E-state index contributed by atoms with van der Waals surface area (Å²) in [5.41, 5.74) is 0. The Kier molecular flexibility index (Phi) is 7.29. The Morgan fingerprint density at radius 1 is 0.848 bits per heavy atom. The van der Waals surface area contributed by atoms with Crippen LogP contribution in [-0.4, -0.2) is 114 Å². The molecule has 12 nitrogen and oxygen atoms in total. The molecule has 0 bridgehead atoms. The molecule has 0 radical (unpaired) electrons. The molecule has 188 valence electrons. The minimum atomic E-state index is -1.76. The molecule has 12 atom stereocenters. The molecule has 33 heavy (non-hydrogen) atoms. The van der Waals surface area contributed by atoms with Crippen LogP contribution in [-0.2, 0) is 19.0 Å². The zero-order valence-electron chi connectivity index (χ0n) is 17.9. The molecule has 2 saturated carbocycles. The highest BCUT2D eigenvalue weighted by Gasteiger charge is 2.52. The number of hydrogen-bond acceptors (Lipinski definition) is 12. The molecule has 2 heterocycles. The van der Waals surface area contributed by atoms with Gasteiger partial charge in [-0.2, -0.15) is 0 Å². The van der Waals surface area contributed by atoms with Crippen molar-refractivity contribution in [3.05, 3.63) is 11.5 Å². The van der Waals surface area contributed by atoms with Crippen LogP contribution >= 0.6 is 0 Å². The largest absolute Gasteiger partial charge is 0.489 e. The first-order chi connectivity index (χ1) is 15.6. The van der Waals surface area contributed by atoms with Crippen molar-refractivity contribution < 1.29 is 59.9 Å². The highest BCUT2D eigenvalue weighted by atomic mass is 16.7. The lowest BCUT2D eigenvalue weighted by Crippen LogP contribution is -2.59. The van der Waals surface area contributed by atoms with E-state index in [0.29, 0.717) is 6.42 Å². The van der Waals surface area contributed by atoms with E-state index < -0.39 is 85.5 Å². The third kappa shape index (κ3) is 4.64. The Balaban J connectivity index is 1.67. The van der Waals surface area contributed by atoms with Crippen molar-refractivity contribution in [2.24, 2.45) is 11.8 Å². The fraction of sp³-hybridized carbons (Fsp3) is 0.857. The van der Waals surface area contributed by atoms with E-state index in [-0.39, 0.29) is 37.2 Å². The van der Waals surface area contributed by atoms with Gasteiger partial charge >= 0.3 is 0 Å². The number of ether oxygens (including phenoxy) is 3. The second-order valence-electron chi connectivity index (χ2n) is 9.39. The van der Waals surface area contributed by atoms with Gasteiger partial charge in [-0.1, -0.05) is 0 Å². The number of aliphatic hydroxyl groups is 8. The molecule has 0 aromatic heterocycles. The molecule has 2 aliphatic carbocycles. The van der Waals surface area contributed by atoms with Gasteiger partial charge in [-0.05, 0) is 19.3 Å². The molecular formula is C21H32O12. The molecule has 3 fully saturated rings. The van der Waals surface area contributed by atoms with Crippen LogP contribution in [0.25, 0.3) is 0 Å². The normalized spacial score (nSPS) is 48.8. The summed E-state index contributed by atoms with van der Waals surface area (Å²) in [6, 6.07) is 0. The summed E-state index contributed by atoms with van der Waals surface area (Å²) < 4.78 is 17.1. The number of fused-ring (bicyclic) bond motifs is 1. The van der Waals surface area contributed by atoms with Gasteiger partial charge in [-0.3, -0.25) is 4.79 Å². The maximum atomic E-state index is 13.4. The molecule has 1 saturated heterocycles. The van der Waals surface area contributed by atoms with Crippen LogP contribution < -0.4 is 0 Å². The van der Waals surface area contributed by atoms with E-state index in [4.69, 9.17) is 14.2 Å². The zero-order valence-corrected chi connectivity index (χ0v) is 17.9. The van der Waals surface area contributed by atoms with Crippen LogP contribution in [0, 0.1) is 11.8 Å². The Bertz CT molecular complexity index is 756. The molecule has 0 aromatic rings. The average Bonchev–Trinajstić information content (AvgIpc) is 2.76. The zero-order chi connectivity index (χ0) is 24.0. The number of Topliss-reactive ketones (excluding diaryl/α,β-unsaturated/α-hetero) is 1. The van der Waals surface area contributed by atoms with Gasteiger partial charge in [0.15, 0.2) is 0 Å². The summed E-state index contributed by atoms with van der Waals surface area (Å²) in [4.78, 5) is 13.4. The second kappa shape index (κ2) is 9.72. The van der Waals surface area contributed by atoms with E-state index >= 15 is 0 Å². The van der Waals surface area contributed by atoms with Crippen molar-refractivity contribution in [2.45, 2.75) is 93.3 Å². The molecule has 10 unspecified atom stereocenters. The first-order valence-electron chi connectivity index (χ1n) is 11.3. The number of carbonyl (C=O) groups excluding carboxylic acids is 1. The number of rotatable bonds is 4. The minimum absolute atomic E-state index is 0.0345. The Hall–Kier alpha value is -1.35. The van der Waals surface area contributed by atoms with E-state index in [0.717, 1.165) is 0 Å². The van der Waals surface area contributed by atoms with Gasteiger partial charge in [-0.25, -0.2) is 0 Å². The van der Waals surface area contributed by atoms with Gasteiger partial charge in [0.05, 0.1) is 36.9 Å². The lowest BCUT2D eigenvalue weighted by Gasteiger charge is -2.45. The minimum Gasteiger partial charge on any atom is -0.489 e. The summed E-state index contributed by atoms with van der Waals surface area (Å²) >= 11 is 0. The summed E-state index contributed by atoms with van der Waals surface area (Å²) in [5, 5.41) is 80.4. The maximum Gasteiger partial charge on any atom is 0.229 e. The smallest absolute Gasteiger partial charge is 0.229 e. The number of ketones is 1. The monoisotopic (exact) mass is 476 g/mol. The fourth-order valence-corrected chi connectivity index (χ4v) is 5.19. The van der Waals surface area contributed by atoms with Crippen LogP contribution in [0.1, 0.15) is 32.1 Å². The molecule has 4 aliphatic rings. The first-order valence-corrected chi connectivity index (χ1v) is 11.3. The van der Waals surface area contributed by atoms with E-state index in [1.807, 2.05) is 0 Å². The van der Waals surface area contributed by atoms with Crippen LogP contribution in [0.4, 0.5) is 0 Å². The van der Waals surface area contributed by atoms with Crippen LogP contribution in [0.15, 0.2) is 11.5 Å². The van der Waals surface area contributed by atoms with Gasteiger partial charge < -0.3 is 55.1 Å². The average molecular weight is 476 g/mol. The predicted octanol–water partition coefficient (Wildman–Crippen LogP) is -3.36. The number of allylic oxidation sites excluding steroid dienone is 2. The van der Waals surface area contributed by atoms with Crippen LogP contribution in [0.2, 0.25) is 0 Å². The van der Waals surface area contributed by atoms with Gasteiger partial charge in [0.25, 0.3) is 0 Å². The number of aliphatic hydroxyl groups excluding tert-OH is 8. The van der Waals surface area contributed by atoms with E-state index in [1.165, 1.54) is 0 Å². The van der Waals surface area contributed by atoms with E-state index in [1.54, 1.807) is 0 Å². The quantitative estimate of drug-likeness (QED) is 0.200. The Labute approximate surface area is 189 Å². The van der Waals surface area contributed by atoms with E-state index in [9.17, 15) is 45.6 Å². The van der Waals surface area contributed by atoms with Crippen molar-refractivity contribution in [1.29, 1.82) is 0 Å². The van der Waals surface area contributed by atoms with Crippen LogP contribution in [0.5, 0.6) is 0 Å². The number of carbonyl (C=O) groups is 1. The van der Waals surface area contributed by atoms with Gasteiger partial charge in [0.2, 0.25) is 17.8 Å². The molecule has 2 aliphatic heterocycles. The summed E-state index contributed by atoms with van der Waals surface area (Å²) in [6.45, 7) is -0.685. The van der Waals surface area contributed by atoms with Crippen molar-refractivity contribution in [2.75, 3.05) is 6.61 Å². The second-order valence-corrected chi connectivity index (χ2v) is 9.39. The number of hydrogen-bond donors (Lipinski definition) is 8. The standard InChI is InChI=1S/C21H32O12/c22-6-13-15(27)17(29)18(30)21(32-13)33-20-16(28)14-11(26)4-8(23)5-12(14)31-19(20)7-1-2-9(24)10(25)3-7/h7-15,17-18,21-27,29-30H,1-6H2/t7?,8?,9?,10?,11?,12?,13?,14?,15-,17?,18?,21+/m1/s1. The first kappa shape index (κ1) is 24.8. The van der Waals surface area contributed by atoms with Crippen LogP contribution in [0.3, 0.4) is 0 Å². The molecule has 4 rings (SSSR count). The SMILES string of the molecule is O=C1C(O[C@@H]2OC(CO)[C@@H](O)C(O)C2O)=C(C2CCC(O)C(O)C2)OC2CC(O)CC(O)C12. The van der Waals surface area contributed by atoms with Gasteiger partial charge in [0.1, 0.15) is 36.3 Å². The predicted molar refractivity (Wildman–Crippen MR) is 106 cm³/mol. The maximum absolute atomic E-state index is 13.4. The van der Waals surface area contributed by atoms with Crippen molar-refractivity contribution in [1.82, 2.24) is 0 Å². The third-order valence-electron chi connectivity index (χ3n) is 7.10. The lowest BCUT2D eigenvalue weighted by molar-refractivity contribution is -0.292. The molecule has 12 heteroatoms. The molecular weight excluding hydrogens is 444 g/mol.